The molecule has 6 nitrogen and oxygen atoms in total. The molecule has 1 atom stereocenters. The Morgan fingerprint density at radius 3 is 1.97 bits per heavy atom. The van der Waals surface area contributed by atoms with Gasteiger partial charge in [0.2, 0.25) is 15.9 Å². The van der Waals surface area contributed by atoms with Gasteiger partial charge in [-0.15, -0.1) is 12.4 Å². The first-order valence-corrected chi connectivity index (χ1v) is 11.8. The molecule has 8 heteroatoms. The maximum absolute atomic E-state index is 12.7. The molecule has 3 heterocycles. The van der Waals surface area contributed by atoms with Crippen LogP contribution >= 0.6 is 12.4 Å². The van der Waals surface area contributed by atoms with Crippen LogP contribution in [0.25, 0.3) is 11.1 Å². The van der Waals surface area contributed by atoms with Crippen LogP contribution in [0.3, 0.4) is 0 Å². The molecule has 5 rings (SSSR count). The van der Waals surface area contributed by atoms with Crippen molar-refractivity contribution in [2.24, 2.45) is 11.8 Å². The minimum Gasteiger partial charge on any atom is -0.326 e. The largest absolute Gasteiger partial charge is 0.326 e. The molecule has 3 saturated heterocycles. The predicted octanol–water partition coefficient (Wildman–Crippen LogP) is 3.82. The topological polar surface area (TPSA) is 78.5 Å². The number of piperidine rings is 3. The highest BCUT2D eigenvalue weighted by atomic mass is 35.5. The summed E-state index contributed by atoms with van der Waals surface area (Å²) in [7, 11) is -3.27. The fourth-order valence-electron chi connectivity index (χ4n) is 4.23. The highest BCUT2D eigenvalue weighted by Crippen LogP contribution is 2.33. The highest BCUT2D eigenvalue weighted by molar-refractivity contribution is 7.92. The number of halogens is 1. The van der Waals surface area contributed by atoms with E-state index in [9.17, 15) is 13.2 Å². The van der Waals surface area contributed by atoms with E-state index in [0.29, 0.717) is 11.6 Å². The number of amides is 1. The van der Waals surface area contributed by atoms with E-state index in [1.807, 2.05) is 36.4 Å². The molecule has 3 aliphatic rings. The van der Waals surface area contributed by atoms with Gasteiger partial charge in [-0.3, -0.25) is 9.52 Å². The first-order valence-electron chi connectivity index (χ1n) is 10.2. The zero-order valence-corrected chi connectivity index (χ0v) is 18.6. The van der Waals surface area contributed by atoms with Crippen molar-refractivity contribution in [2.45, 2.75) is 19.8 Å². The molecule has 2 aromatic carbocycles. The van der Waals surface area contributed by atoms with Crippen LogP contribution in [-0.4, -0.2) is 44.6 Å². The van der Waals surface area contributed by atoms with Crippen molar-refractivity contribution in [3.63, 3.8) is 0 Å². The molecule has 0 spiro atoms. The maximum atomic E-state index is 12.7. The second-order valence-electron chi connectivity index (χ2n) is 7.89. The fraction of sp³-hybridized carbons (Fsp3) is 0.409. The fourth-order valence-corrected chi connectivity index (χ4v) is 4.87. The Morgan fingerprint density at radius 2 is 1.50 bits per heavy atom. The van der Waals surface area contributed by atoms with E-state index in [4.69, 9.17) is 0 Å². The van der Waals surface area contributed by atoms with Gasteiger partial charge in [0.05, 0.1) is 11.7 Å². The number of rotatable bonds is 6. The van der Waals surface area contributed by atoms with Crippen molar-refractivity contribution in [3.05, 3.63) is 48.5 Å². The van der Waals surface area contributed by atoms with Crippen molar-refractivity contribution in [1.29, 1.82) is 0 Å². The van der Waals surface area contributed by atoms with E-state index in [0.717, 1.165) is 49.3 Å². The average Bonchev–Trinajstić information content (AvgIpc) is 2.75. The second-order valence-corrected chi connectivity index (χ2v) is 9.90. The van der Waals surface area contributed by atoms with E-state index in [1.165, 1.54) is 0 Å². The summed E-state index contributed by atoms with van der Waals surface area (Å²) in [5.41, 5.74) is 3.36. The summed E-state index contributed by atoms with van der Waals surface area (Å²) in [5, 5.41) is 3.07. The Labute approximate surface area is 184 Å². The molecule has 30 heavy (non-hydrogen) atoms. The van der Waals surface area contributed by atoms with Crippen molar-refractivity contribution in [2.75, 3.05) is 35.4 Å². The summed E-state index contributed by atoms with van der Waals surface area (Å²) >= 11 is 0. The van der Waals surface area contributed by atoms with Gasteiger partial charge in [-0.05, 0) is 74.2 Å². The quantitative estimate of drug-likeness (QED) is 0.702. The van der Waals surface area contributed by atoms with Crippen LogP contribution in [0.1, 0.15) is 19.8 Å². The van der Waals surface area contributed by atoms with Gasteiger partial charge in [0, 0.05) is 17.9 Å². The summed E-state index contributed by atoms with van der Waals surface area (Å²) in [6, 6.07) is 15.1. The normalized spacial score (nSPS) is 22.8. The number of sulfonamides is 1. The van der Waals surface area contributed by atoms with Crippen LogP contribution in [0.5, 0.6) is 0 Å². The number of anilines is 2. The van der Waals surface area contributed by atoms with Crippen molar-refractivity contribution >= 4 is 39.7 Å². The Morgan fingerprint density at radius 1 is 0.967 bits per heavy atom. The number of nitrogens with one attached hydrogen (secondary N) is 2. The summed E-state index contributed by atoms with van der Waals surface area (Å²) in [4.78, 5) is 15.1. The Kier molecular flexibility index (Phi) is 7.06. The van der Waals surface area contributed by atoms with Crippen LogP contribution in [0, 0.1) is 11.8 Å². The molecule has 1 amide bonds. The third kappa shape index (κ3) is 5.14. The lowest BCUT2D eigenvalue weighted by Gasteiger charge is -2.43. The van der Waals surface area contributed by atoms with Gasteiger partial charge in [-0.2, -0.15) is 0 Å². The lowest BCUT2D eigenvalue weighted by molar-refractivity contribution is -0.125. The maximum Gasteiger partial charge on any atom is 0.232 e. The monoisotopic (exact) mass is 449 g/mol. The van der Waals surface area contributed by atoms with Crippen molar-refractivity contribution in [1.82, 2.24) is 4.90 Å². The summed E-state index contributed by atoms with van der Waals surface area (Å²) in [6.45, 7) is 4.74. The Balaban J connectivity index is 0.00000256. The van der Waals surface area contributed by atoms with E-state index < -0.39 is 10.0 Å². The average molecular weight is 450 g/mol. The van der Waals surface area contributed by atoms with Gasteiger partial charge in [-0.25, -0.2) is 8.42 Å². The van der Waals surface area contributed by atoms with Gasteiger partial charge in [0.15, 0.2) is 0 Å². The first kappa shape index (κ1) is 22.6. The lowest BCUT2D eigenvalue weighted by Crippen LogP contribution is -2.51. The first-order chi connectivity index (χ1) is 13.9. The predicted molar refractivity (Wildman–Crippen MR) is 123 cm³/mol. The molecule has 2 N–H and O–H groups in total. The molecule has 0 aliphatic carbocycles. The van der Waals surface area contributed by atoms with E-state index in [-0.39, 0.29) is 30.0 Å². The van der Waals surface area contributed by atoms with Crippen LogP contribution in [0.4, 0.5) is 11.4 Å². The minimum atomic E-state index is -3.27. The van der Waals surface area contributed by atoms with Crippen LogP contribution in [0.15, 0.2) is 48.5 Å². The summed E-state index contributed by atoms with van der Waals surface area (Å²) in [6.07, 6.45) is 2.25. The number of benzene rings is 2. The summed E-state index contributed by atoms with van der Waals surface area (Å²) in [5.74, 6) is 0.779. The second kappa shape index (κ2) is 9.37. The molecule has 3 aliphatic heterocycles. The minimum absolute atomic E-state index is 0. The number of hydrogen-bond donors (Lipinski definition) is 2. The number of carbonyl (C=O) groups is 1. The standard InChI is InChI=1S/C22H27N3O3S.ClH/c1-2-29(27,28)24-20-9-5-17(6-10-20)16-3-7-19(8-4-16)23-22(26)21-15-25-13-11-18(21)12-14-25;/h3-10,18,21,24H,2,11-15H2,1H3,(H,23,26);1H/t21-;/m0./s1. The van der Waals surface area contributed by atoms with Gasteiger partial charge in [0.25, 0.3) is 0 Å². The molecular weight excluding hydrogens is 422 g/mol. The number of nitrogens with zero attached hydrogens (tertiary/aromatic N) is 1. The molecule has 2 bridgehead atoms. The van der Waals surface area contributed by atoms with Crippen molar-refractivity contribution < 1.29 is 13.2 Å². The summed E-state index contributed by atoms with van der Waals surface area (Å²) < 4.78 is 25.9. The lowest BCUT2D eigenvalue weighted by atomic mass is 9.78. The molecular formula is C22H28ClN3O3S. The number of fused-ring (bicyclic) bond motifs is 3. The van der Waals surface area contributed by atoms with Crippen LogP contribution < -0.4 is 10.0 Å². The third-order valence-electron chi connectivity index (χ3n) is 6.02. The Hall–Kier alpha value is -2.09. The number of hydrogen-bond acceptors (Lipinski definition) is 4. The van der Waals surface area contributed by atoms with Gasteiger partial charge in [0.1, 0.15) is 0 Å². The zero-order chi connectivity index (χ0) is 20.4. The molecule has 0 saturated carbocycles. The molecule has 3 fully saturated rings. The molecule has 2 aromatic rings. The molecule has 0 aromatic heterocycles. The van der Waals surface area contributed by atoms with Gasteiger partial charge in [-0.1, -0.05) is 24.3 Å². The Bertz CT molecular complexity index is 970. The molecule has 162 valence electrons. The SMILES string of the molecule is CCS(=O)(=O)Nc1ccc(-c2ccc(NC(=O)[C@H]3CN4CCC3CC4)cc2)cc1.Cl. The smallest absolute Gasteiger partial charge is 0.232 e. The third-order valence-corrected chi connectivity index (χ3v) is 7.32. The van der Waals surface area contributed by atoms with Crippen LogP contribution in [0.2, 0.25) is 0 Å². The van der Waals surface area contributed by atoms with E-state index in [1.54, 1.807) is 19.1 Å². The van der Waals surface area contributed by atoms with Crippen LogP contribution in [-0.2, 0) is 14.8 Å². The van der Waals surface area contributed by atoms with Gasteiger partial charge < -0.3 is 10.2 Å². The van der Waals surface area contributed by atoms with E-state index >= 15 is 0 Å². The van der Waals surface area contributed by atoms with Gasteiger partial charge >= 0.3 is 0 Å². The number of carbonyl (C=O) groups excluding carboxylic acids is 1. The molecule has 0 radical (unpaired) electrons. The zero-order valence-electron chi connectivity index (χ0n) is 17.0. The molecule has 0 unspecified atom stereocenters. The van der Waals surface area contributed by atoms with E-state index in [2.05, 4.69) is 14.9 Å². The van der Waals surface area contributed by atoms with Crippen molar-refractivity contribution in [3.8, 4) is 11.1 Å². The highest BCUT2D eigenvalue weighted by Gasteiger charge is 2.38.